The van der Waals surface area contributed by atoms with E-state index in [1.165, 1.54) is 12.1 Å². The normalized spacial score (nSPS) is 11.5. The molecule has 0 bridgehead atoms. The van der Waals surface area contributed by atoms with Crippen LogP contribution in [0.1, 0.15) is 27.6 Å². The standard InChI is InChI=1S/C17H13ClO4/c1-11(19)22-17(15(20)12-7-3-2-4-8-12)16(21)13-9-5-6-10-14(13)18/h2-10,17H,1H3. The Labute approximate surface area is 132 Å². The second kappa shape index (κ2) is 7.00. The van der Waals surface area contributed by atoms with Gasteiger partial charge in [0.1, 0.15) is 0 Å². The monoisotopic (exact) mass is 316 g/mol. The minimum atomic E-state index is -1.54. The molecule has 1 unspecified atom stereocenters. The van der Waals surface area contributed by atoms with Crippen molar-refractivity contribution in [3.05, 3.63) is 70.7 Å². The molecule has 0 saturated carbocycles. The van der Waals surface area contributed by atoms with Crippen LogP contribution < -0.4 is 0 Å². The van der Waals surface area contributed by atoms with Crippen LogP contribution in [0.2, 0.25) is 5.02 Å². The van der Waals surface area contributed by atoms with Crippen molar-refractivity contribution in [2.75, 3.05) is 0 Å². The lowest BCUT2D eigenvalue weighted by atomic mass is 9.98. The molecule has 0 saturated heterocycles. The molecule has 0 N–H and O–H groups in total. The SMILES string of the molecule is CC(=O)OC(C(=O)c1ccccc1)C(=O)c1ccccc1Cl. The molecular weight excluding hydrogens is 304 g/mol. The topological polar surface area (TPSA) is 60.4 Å². The Kier molecular flexibility index (Phi) is 5.07. The number of carbonyl (C=O) groups is 3. The molecule has 2 aromatic rings. The third-order valence-electron chi connectivity index (χ3n) is 2.96. The Morgan fingerprint density at radius 1 is 0.909 bits per heavy atom. The van der Waals surface area contributed by atoms with Gasteiger partial charge in [-0.1, -0.05) is 54.1 Å². The zero-order valence-electron chi connectivity index (χ0n) is 11.8. The van der Waals surface area contributed by atoms with E-state index in [0.29, 0.717) is 0 Å². The van der Waals surface area contributed by atoms with Crippen LogP contribution in [0.5, 0.6) is 0 Å². The van der Waals surface area contributed by atoms with Crippen LogP contribution in [0.15, 0.2) is 54.6 Å². The predicted molar refractivity (Wildman–Crippen MR) is 82.1 cm³/mol. The van der Waals surface area contributed by atoms with Gasteiger partial charge in [-0.2, -0.15) is 0 Å². The highest BCUT2D eigenvalue weighted by atomic mass is 35.5. The fourth-order valence-electron chi connectivity index (χ4n) is 1.95. The molecule has 1 atom stereocenters. The van der Waals surface area contributed by atoms with Crippen LogP contribution >= 0.6 is 11.6 Å². The molecule has 112 valence electrons. The fraction of sp³-hybridized carbons (Fsp3) is 0.118. The summed E-state index contributed by atoms with van der Waals surface area (Å²) in [5.41, 5.74) is 0.425. The van der Waals surface area contributed by atoms with E-state index < -0.39 is 23.6 Å². The number of rotatable bonds is 5. The van der Waals surface area contributed by atoms with Gasteiger partial charge in [0.15, 0.2) is 0 Å². The summed E-state index contributed by atoms with van der Waals surface area (Å²) in [6, 6.07) is 14.5. The van der Waals surface area contributed by atoms with E-state index in [2.05, 4.69) is 0 Å². The average Bonchev–Trinajstić information content (AvgIpc) is 2.52. The largest absolute Gasteiger partial charge is 0.446 e. The molecule has 2 rings (SSSR count). The van der Waals surface area contributed by atoms with Crippen molar-refractivity contribution in [3.8, 4) is 0 Å². The van der Waals surface area contributed by atoms with Gasteiger partial charge < -0.3 is 4.74 Å². The first-order valence-corrected chi connectivity index (χ1v) is 6.93. The Balaban J connectivity index is 2.38. The van der Waals surface area contributed by atoms with Gasteiger partial charge in [0, 0.05) is 18.1 Å². The van der Waals surface area contributed by atoms with Crippen LogP contribution in [-0.2, 0) is 9.53 Å². The van der Waals surface area contributed by atoms with Crippen LogP contribution in [0.4, 0.5) is 0 Å². The number of Topliss-reactive ketones (excluding diaryl/α,β-unsaturated/α-hetero) is 2. The molecule has 4 nitrogen and oxygen atoms in total. The van der Waals surface area contributed by atoms with Gasteiger partial charge >= 0.3 is 5.97 Å². The number of benzene rings is 2. The molecule has 0 aliphatic carbocycles. The summed E-state index contributed by atoms with van der Waals surface area (Å²) in [6.45, 7) is 1.14. The highest BCUT2D eigenvalue weighted by molar-refractivity contribution is 6.35. The number of hydrogen-bond donors (Lipinski definition) is 0. The average molecular weight is 317 g/mol. The zero-order valence-corrected chi connectivity index (χ0v) is 12.5. The molecule has 2 aromatic carbocycles. The molecule has 0 aromatic heterocycles. The number of halogens is 1. The number of ketones is 2. The molecule has 0 aliphatic rings. The molecule has 0 radical (unpaired) electrons. The first kappa shape index (κ1) is 15.9. The molecule has 5 heteroatoms. The molecule has 0 amide bonds. The molecule has 0 spiro atoms. The van der Waals surface area contributed by atoms with Crippen LogP contribution in [0.3, 0.4) is 0 Å². The number of carbonyl (C=O) groups excluding carboxylic acids is 3. The maximum atomic E-state index is 12.5. The van der Waals surface area contributed by atoms with Crippen molar-refractivity contribution < 1.29 is 19.1 Å². The highest BCUT2D eigenvalue weighted by Gasteiger charge is 2.32. The Morgan fingerprint density at radius 3 is 2.09 bits per heavy atom. The summed E-state index contributed by atoms with van der Waals surface area (Å²) in [6.07, 6.45) is -1.54. The number of ether oxygens (including phenoxy) is 1. The summed E-state index contributed by atoms with van der Waals surface area (Å²) in [4.78, 5) is 36.2. The molecule has 0 heterocycles. The Hall–Kier alpha value is -2.46. The zero-order chi connectivity index (χ0) is 16.1. The molecular formula is C17H13ClO4. The van der Waals surface area contributed by atoms with Crippen molar-refractivity contribution in [1.29, 1.82) is 0 Å². The van der Waals surface area contributed by atoms with Gasteiger partial charge in [0.25, 0.3) is 0 Å². The molecule has 0 aliphatic heterocycles. The minimum Gasteiger partial charge on any atom is -0.446 e. The second-order valence-electron chi connectivity index (χ2n) is 4.56. The summed E-state index contributed by atoms with van der Waals surface area (Å²) in [5, 5.41) is 0.200. The van der Waals surface area contributed by atoms with Crippen molar-refractivity contribution in [1.82, 2.24) is 0 Å². The minimum absolute atomic E-state index is 0.139. The number of hydrogen-bond acceptors (Lipinski definition) is 4. The summed E-state index contributed by atoms with van der Waals surface area (Å²) >= 11 is 5.98. The van der Waals surface area contributed by atoms with E-state index in [1.54, 1.807) is 42.5 Å². The van der Waals surface area contributed by atoms with E-state index in [9.17, 15) is 14.4 Å². The van der Waals surface area contributed by atoms with Gasteiger partial charge in [-0.3, -0.25) is 14.4 Å². The van der Waals surface area contributed by atoms with Crippen molar-refractivity contribution >= 4 is 29.1 Å². The quantitative estimate of drug-likeness (QED) is 0.482. The van der Waals surface area contributed by atoms with E-state index in [1.807, 2.05) is 0 Å². The smallest absolute Gasteiger partial charge is 0.303 e. The third-order valence-corrected chi connectivity index (χ3v) is 3.29. The van der Waals surface area contributed by atoms with Gasteiger partial charge in [-0.15, -0.1) is 0 Å². The van der Waals surface area contributed by atoms with Gasteiger partial charge in [-0.05, 0) is 12.1 Å². The first-order valence-electron chi connectivity index (χ1n) is 6.56. The predicted octanol–water partition coefficient (Wildman–Crippen LogP) is 3.34. The lowest BCUT2D eigenvalue weighted by Crippen LogP contribution is -2.35. The molecule has 0 fully saturated rings. The fourth-order valence-corrected chi connectivity index (χ4v) is 2.18. The Bertz CT molecular complexity index is 710. The summed E-state index contributed by atoms with van der Waals surface area (Å²) in [7, 11) is 0. The maximum Gasteiger partial charge on any atom is 0.303 e. The first-order chi connectivity index (χ1) is 10.5. The lowest BCUT2D eigenvalue weighted by Gasteiger charge is -2.15. The maximum absolute atomic E-state index is 12.5. The summed E-state index contributed by atoms with van der Waals surface area (Å²) in [5.74, 6) is -1.94. The number of esters is 1. The third kappa shape index (κ3) is 3.59. The van der Waals surface area contributed by atoms with Gasteiger partial charge in [0.2, 0.25) is 17.7 Å². The van der Waals surface area contributed by atoms with E-state index in [0.717, 1.165) is 6.92 Å². The Morgan fingerprint density at radius 2 is 1.50 bits per heavy atom. The van der Waals surface area contributed by atoms with Crippen molar-refractivity contribution in [2.45, 2.75) is 13.0 Å². The van der Waals surface area contributed by atoms with Crippen molar-refractivity contribution in [3.63, 3.8) is 0 Å². The van der Waals surface area contributed by atoms with Crippen LogP contribution in [-0.4, -0.2) is 23.6 Å². The van der Waals surface area contributed by atoms with E-state index >= 15 is 0 Å². The second-order valence-corrected chi connectivity index (χ2v) is 4.97. The van der Waals surface area contributed by atoms with Crippen LogP contribution in [0.25, 0.3) is 0 Å². The van der Waals surface area contributed by atoms with E-state index in [4.69, 9.17) is 16.3 Å². The van der Waals surface area contributed by atoms with Gasteiger partial charge in [-0.25, -0.2) is 0 Å². The van der Waals surface area contributed by atoms with Crippen LogP contribution in [0, 0.1) is 0 Å². The highest BCUT2D eigenvalue weighted by Crippen LogP contribution is 2.20. The van der Waals surface area contributed by atoms with E-state index in [-0.39, 0.29) is 16.1 Å². The van der Waals surface area contributed by atoms with Gasteiger partial charge in [0.05, 0.1) is 5.02 Å². The van der Waals surface area contributed by atoms with Crippen molar-refractivity contribution in [2.24, 2.45) is 0 Å². The molecule has 22 heavy (non-hydrogen) atoms. The summed E-state index contributed by atoms with van der Waals surface area (Å²) < 4.78 is 4.94. The lowest BCUT2D eigenvalue weighted by molar-refractivity contribution is -0.142.